The molecule has 1 atom stereocenters. The number of carbonyl (C=O) groups is 2. The Balaban J connectivity index is 2.80. The number of nitrogens with one attached hydrogen (secondary N) is 1. The summed E-state index contributed by atoms with van der Waals surface area (Å²) in [6, 6.07) is 4.58. The Morgan fingerprint density at radius 1 is 1.41 bits per heavy atom. The van der Waals surface area contributed by atoms with Crippen LogP contribution in [0.3, 0.4) is 0 Å². The number of anilines is 1. The largest absolute Gasteiger partial charge is 0.478 e. The van der Waals surface area contributed by atoms with Crippen LogP contribution in [0.25, 0.3) is 0 Å². The van der Waals surface area contributed by atoms with Gasteiger partial charge in [-0.05, 0) is 37.1 Å². The molecule has 0 aliphatic heterocycles. The van der Waals surface area contributed by atoms with E-state index in [0.717, 1.165) is 0 Å². The molecule has 0 saturated carbocycles. The summed E-state index contributed by atoms with van der Waals surface area (Å²) in [5, 5.41) is 11.8. The average molecular weight is 307 g/mol. The number of carboxylic acid groups (broad SMARTS) is 1. The van der Waals surface area contributed by atoms with Gasteiger partial charge in [0.05, 0.1) is 18.8 Å². The van der Waals surface area contributed by atoms with Gasteiger partial charge in [-0.1, -0.05) is 6.08 Å². The van der Waals surface area contributed by atoms with Crippen LogP contribution in [0.2, 0.25) is 0 Å². The van der Waals surface area contributed by atoms with Crippen LogP contribution in [-0.2, 0) is 20.9 Å². The van der Waals surface area contributed by atoms with E-state index in [1.165, 1.54) is 19.2 Å². The third-order valence-corrected chi connectivity index (χ3v) is 2.88. The Bertz CT molecular complexity index is 541. The van der Waals surface area contributed by atoms with Crippen molar-refractivity contribution in [1.82, 2.24) is 0 Å². The maximum atomic E-state index is 12.0. The van der Waals surface area contributed by atoms with Gasteiger partial charge >= 0.3 is 5.97 Å². The number of rotatable bonds is 9. The topological polar surface area (TPSA) is 84.9 Å². The molecule has 0 saturated heterocycles. The van der Waals surface area contributed by atoms with Crippen LogP contribution >= 0.6 is 0 Å². The highest BCUT2D eigenvalue weighted by Crippen LogP contribution is 2.17. The molecule has 0 heterocycles. The number of amides is 1. The first-order valence-corrected chi connectivity index (χ1v) is 6.87. The Hall–Kier alpha value is -2.18. The fourth-order valence-corrected chi connectivity index (χ4v) is 1.79. The molecular weight excluding hydrogens is 286 g/mol. The lowest BCUT2D eigenvalue weighted by atomic mass is 10.1. The van der Waals surface area contributed by atoms with Crippen LogP contribution in [0, 0.1) is 0 Å². The third-order valence-electron chi connectivity index (χ3n) is 2.88. The number of hydrogen-bond acceptors (Lipinski definition) is 4. The molecule has 1 aromatic carbocycles. The molecule has 22 heavy (non-hydrogen) atoms. The SMILES string of the molecule is C=CCCOC(C)C(=O)Nc1cc(COC)cc(C(=O)O)c1. The zero-order valence-electron chi connectivity index (χ0n) is 12.8. The number of aromatic carboxylic acids is 1. The summed E-state index contributed by atoms with van der Waals surface area (Å²) in [5.41, 5.74) is 1.15. The molecule has 0 aromatic heterocycles. The monoisotopic (exact) mass is 307 g/mol. The minimum Gasteiger partial charge on any atom is -0.478 e. The van der Waals surface area contributed by atoms with E-state index in [1.807, 2.05) is 0 Å². The fourth-order valence-electron chi connectivity index (χ4n) is 1.79. The van der Waals surface area contributed by atoms with Crippen molar-refractivity contribution in [2.75, 3.05) is 19.0 Å². The molecule has 0 radical (unpaired) electrons. The van der Waals surface area contributed by atoms with Crippen molar-refractivity contribution in [1.29, 1.82) is 0 Å². The highest BCUT2D eigenvalue weighted by molar-refractivity contribution is 5.96. The normalized spacial score (nSPS) is 11.7. The van der Waals surface area contributed by atoms with E-state index in [9.17, 15) is 9.59 Å². The molecule has 6 nitrogen and oxygen atoms in total. The van der Waals surface area contributed by atoms with Crippen molar-refractivity contribution in [3.8, 4) is 0 Å². The first kappa shape index (κ1) is 17.9. The Labute approximate surface area is 129 Å². The van der Waals surface area contributed by atoms with Gasteiger partial charge in [-0.3, -0.25) is 4.79 Å². The third kappa shape index (κ3) is 5.67. The predicted octanol–water partition coefficient (Wildman–Crippen LogP) is 2.45. The van der Waals surface area contributed by atoms with Crippen LogP contribution in [0.4, 0.5) is 5.69 Å². The van der Waals surface area contributed by atoms with Gasteiger partial charge in [-0.15, -0.1) is 6.58 Å². The summed E-state index contributed by atoms with van der Waals surface area (Å²) in [4.78, 5) is 23.1. The summed E-state index contributed by atoms with van der Waals surface area (Å²) in [6.07, 6.45) is 1.72. The van der Waals surface area contributed by atoms with E-state index >= 15 is 0 Å². The quantitative estimate of drug-likeness (QED) is 0.541. The molecule has 1 unspecified atom stereocenters. The molecule has 0 bridgehead atoms. The van der Waals surface area contributed by atoms with Gasteiger partial charge < -0.3 is 19.9 Å². The molecule has 1 aromatic rings. The van der Waals surface area contributed by atoms with E-state index < -0.39 is 12.1 Å². The number of ether oxygens (including phenoxy) is 2. The summed E-state index contributed by atoms with van der Waals surface area (Å²) in [5.74, 6) is -1.40. The summed E-state index contributed by atoms with van der Waals surface area (Å²) < 4.78 is 10.3. The van der Waals surface area contributed by atoms with Crippen molar-refractivity contribution in [3.63, 3.8) is 0 Å². The van der Waals surface area contributed by atoms with Crippen molar-refractivity contribution in [2.24, 2.45) is 0 Å². The molecule has 0 fully saturated rings. The lowest BCUT2D eigenvalue weighted by Gasteiger charge is -2.14. The maximum absolute atomic E-state index is 12.0. The van der Waals surface area contributed by atoms with Crippen molar-refractivity contribution >= 4 is 17.6 Å². The van der Waals surface area contributed by atoms with E-state index in [-0.39, 0.29) is 18.1 Å². The molecule has 1 rings (SSSR count). The van der Waals surface area contributed by atoms with E-state index in [0.29, 0.717) is 24.3 Å². The van der Waals surface area contributed by atoms with Crippen LogP contribution in [0.15, 0.2) is 30.9 Å². The van der Waals surface area contributed by atoms with Gasteiger partial charge in [0.1, 0.15) is 6.10 Å². The lowest BCUT2D eigenvalue weighted by molar-refractivity contribution is -0.126. The smallest absolute Gasteiger partial charge is 0.335 e. The van der Waals surface area contributed by atoms with Gasteiger partial charge in [-0.25, -0.2) is 4.79 Å². The Morgan fingerprint density at radius 2 is 2.14 bits per heavy atom. The zero-order valence-corrected chi connectivity index (χ0v) is 12.8. The predicted molar refractivity (Wildman–Crippen MR) is 83.0 cm³/mol. The average Bonchev–Trinajstić information content (AvgIpc) is 2.47. The zero-order chi connectivity index (χ0) is 16.5. The highest BCUT2D eigenvalue weighted by atomic mass is 16.5. The Kier molecular flexibility index (Phi) is 7.28. The van der Waals surface area contributed by atoms with Crippen LogP contribution in [-0.4, -0.2) is 36.8 Å². The summed E-state index contributed by atoms with van der Waals surface area (Å²) in [6.45, 7) is 5.87. The van der Waals surface area contributed by atoms with Gasteiger partial charge in [0.15, 0.2) is 0 Å². The standard InChI is InChI=1S/C16H21NO5/c1-4-5-6-22-11(2)15(18)17-14-8-12(10-21-3)7-13(9-14)16(19)20/h4,7-9,11H,1,5-6,10H2,2-3H3,(H,17,18)(H,19,20). The van der Waals surface area contributed by atoms with E-state index in [4.69, 9.17) is 14.6 Å². The molecule has 120 valence electrons. The molecule has 2 N–H and O–H groups in total. The maximum Gasteiger partial charge on any atom is 0.335 e. The van der Waals surface area contributed by atoms with Crippen LogP contribution in [0.5, 0.6) is 0 Å². The first-order valence-electron chi connectivity index (χ1n) is 6.87. The van der Waals surface area contributed by atoms with Crippen molar-refractivity contribution < 1.29 is 24.2 Å². The van der Waals surface area contributed by atoms with Gasteiger partial charge in [-0.2, -0.15) is 0 Å². The number of benzene rings is 1. The van der Waals surface area contributed by atoms with Crippen molar-refractivity contribution in [2.45, 2.75) is 26.1 Å². The second-order valence-electron chi connectivity index (χ2n) is 4.74. The molecular formula is C16H21NO5. The highest BCUT2D eigenvalue weighted by Gasteiger charge is 2.15. The fraction of sp³-hybridized carbons (Fsp3) is 0.375. The molecule has 1 amide bonds. The minimum atomic E-state index is -1.07. The molecule has 0 spiro atoms. The summed E-state index contributed by atoms with van der Waals surface area (Å²) >= 11 is 0. The van der Waals surface area contributed by atoms with E-state index in [1.54, 1.807) is 19.1 Å². The van der Waals surface area contributed by atoms with Gasteiger partial charge in [0, 0.05) is 12.8 Å². The number of carboxylic acids is 1. The van der Waals surface area contributed by atoms with Crippen LogP contribution < -0.4 is 5.32 Å². The van der Waals surface area contributed by atoms with Gasteiger partial charge in [0.2, 0.25) is 0 Å². The molecule has 6 heteroatoms. The molecule has 0 aliphatic rings. The van der Waals surface area contributed by atoms with Crippen LogP contribution in [0.1, 0.15) is 29.3 Å². The first-order chi connectivity index (χ1) is 10.5. The second-order valence-corrected chi connectivity index (χ2v) is 4.74. The van der Waals surface area contributed by atoms with Crippen molar-refractivity contribution in [3.05, 3.63) is 42.0 Å². The van der Waals surface area contributed by atoms with E-state index in [2.05, 4.69) is 11.9 Å². The van der Waals surface area contributed by atoms with Gasteiger partial charge in [0.25, 0.3) is 5.91 Å². The number of hydrogen-bond donors (Lipinski definition) is 2. The minimum absolute atomic E-state index is 0.0880. The number of methoxy groups -OCH3 is 1. The second kappa shape index (κ2) is 8.96. The number of carbonyl (C=O) groups excluding carboxylic acids is 1. The molecule has 0 aliphatic carbocycles. The Morgan fingerprint density at radius 3 is 2.73 bits per heavy atom. The summed E-state index contributed by atoms with van der Waals surface area (Å²) in [7, 11) is 1.52. The lowest BCUT2D eigenvalue weighted by Crippen LogP contribution is -2.28.